The molecule has 260 valence electrons. The van der Waals surface area contributed by atoms with E-state index >= 15 is 0 Å². The number of carbonyl (C=O) groups excluding carboxylic acids is 4. The lowest BCUT2D eigenvalue weighted by molar-refractivity contribution is 0.0682. The molecule has 0 unspecified atom stereocenters. The molecule has 0 amide bonds. The molecule has 0 radical (unpaired) electrons. The van der Waals surface area contributed by atoms with E-state index in [-0.39, 0.29) is 34.1 Å². The van der Waals surface area contributed by atoms with E-state index in [1.54, 1.807) is 60.7 Å². The van der Waals surface area contributed by atoms with Crippen molar-refractivity contribution in [3.05, 3.63) is 156 Å². The molecule has 0 N–H and O–H groups in total. The molecule has 0 aliphatic carbocycles. The Labute approximate surface area is 299 Å². The van der Waals surface area contributed by atoms with Crippen LogP contribution in [-0.2, 0) is 0 Å². The van der Waals surface area contributed by atoms with Crippen LogP contribution in [0.2, 0.25) is 0 Å². The Morgan fingerprint density at radius 2 is 0.673 bits per heavy atom. The van der Waals surface area contributed by atoms with Crippen LogP contribution >= 0.6 is 0 Å². The Morgan fingerprint density at radius 1 is 0.385 bits per heavy atom. The molecular weight excluding hydrogens is 664 g/mol. The SMILES string of the molecule is CCOc1ccc(C(=O)Oc2ccc(C(=O)Oc3cc4ccccc4cc3OC(=O)c3ccc(OC(=O)c4ccc(OCC)cc4)cc3)cc2)cc1. The minimum Gasteiger partial charge on any atom is -0.494 e. The predicted octanol–water partition coefficient (Wildman–Crippen LogP) is 8.51. The highest BCUT2D eigenvalue weighted by atomic mass is 16.6. The predicted molar refractivity (Wildman–Crippen MR) is 192 cm³/mol. The zero-order chi connectivity index (χ0) is 36.5. The summed E-state index contributed by atoms with van der Waals surface area (Å²) < 4.78 is 33.1. The zero-order valence-electron chi connectivity index (χ0n) is 28.2. The second kappa shape index (κ2) is 16.2. The first kappa shape index (κ1) is 34.9. The normalized spacial score (nSPS) is 10.6. The number of benzene rings is 6. The average molecular weight is 697 g/mol. The van der Waals surface area contributed by atoms with E-state index in [0.717, 1.165) is 10.8 Å². The van der Waals surface area contributed by atoms with Gasteiger partial charge in [0, 0.05) is 0 Å². The third kappa shape index (κ3) is 8.61. The quantitative estimate of drug-likeness (QED) is 0.0909. The molecule has 6 aromatic carbocycles. The number of ether oxygens (including phenoxy) is 6. The average Bonchev–Trinajstić information content (AvgIpc) is 3.16. The minimum atomic E-state index is -0.726. The van der Waals surface area contributed by atoms with E-state index in [9.17, 15) is 19.2 Å². The van der Waals surface area contributed by atoms with E-state index in [1.807, 2.05) is 38.1 Å². The Balaban J connectivity index is 1.12. The molecule has 10 heteroatoms. The Hall–Kier alpha value is -6.94. The molecule has 0 aliphatic heterocycles. The standard InChI is InChI=1S/C42H32O10/c1-3-47-33-17-9-27(10-18-33)39(43)49-35-21-13-29(14-22-35)41(45)51-37-25-31-7-5-6-8-32(31)26-38(37)52-42(46)30-15-23-36(24-16-30)50-40(44)28-11-19-34(20-12-28)48-4-2/h5-26H,3-4H2,1-2H3. The van der Waals surface area contributed by atoms with Gasteiger partial charge in [-0.25, -0.2) is 19.2 Å². The Morgan fingerprint density at radius 3 is 0.981 bits per heavy atom. The van der Waals surface area contributed by atoms with Crippen molar-refractivity contribution in [1.29, 1.82) is 0 Å². The highest BCUT2D eigenvalue weighted by Gasteiger charge is 2.19. The first-order valence-electron chi connectivity index (χ1n) is 16.4. The lowest BCUT2D eigenvalue weighted by atomic mass is 10.1. The number of fused-ring (bicyclic) bond motifs is 1. The van der Waals surface area contributed by atoms with Gasteiger partial charge >= 0.3 is 23.9 Å². The molecule has 6 aromatic rings. The van der Waals surface area contributed by atoms with E-state index in [1.165, 1.54) is 48.5 Å². The van der Waals surface area contributed by atoms with Crippen molar-refractivity contribution >= 4 is 34.6 Å². The fraction of sp³-hybridized carbons (Fsp3) is 0.0952. The minimum absolute atomic E-state index is 0.0176. The number of carbonyl (C=O) groups is 4. The van der Waals surface area contributed by atoms with Gasteiger partial charge in [-0.05, 0) is 134 Å². The molecule has 0 spiro atoms. The first-order valence-corrected chi connectivity index (χ1v) is 16.4. The van der Waals surface area contributed by atoms with Crippen LogP contribution in [0.3, 0.4) is 0 Å². The van der Waals surface area contributed by atoms with E-state index in [4.69, 9.17) is 28.4 Å². The fourth-order valence-electron chi connectivity index (χ4n) is 5.03. The highest BCUT2D eigenvalue weighted by Crippen LogP contribution is 2.34. The van der Waals surface area contributed by atoms with Crippen molar-refractivity contribution in [2.75, 3.05) is 13.2 Å². The number of hydrogen-bond acceptors (Lipinski definition) is 10. The molecule has 0 aromatic heterocycles. The highest BCUT2D eigenvalue weighted by molar-refractivity contribution is 5.96. The zero-order valence-corrected chi connectivity index (χ0v) is 28.2. The van der Waals surface area contributed by atoms with Gasteiger partial charge in [-0.3, -0.25) is 0 Å². The Kier molecular flexibility index (Phi) is 10.9. The molecule has 0 fully saturated rings. The third-order valence-electron chi connectivity index (χ3n) is 7.62. The van der Waals surface area contributed by atoms with Crippen molar-refractivity contribution in [3.8, 4) is 34.5 Å². The largest absolute Gasteiger partial charge is 0.494 e. The smallest absolute Gasteiger partial charge is 0.343 e. The van der Waals surface area contributed by atoms with Crippen LogP contribution < -0.4 is 28.4 Å². The second-order valence-electron chi connectivity index (χ2n) is 11.2. The maximum absolute atomic E-state index is 13.2. The summed E-state index contributed by atoms with van der Waals surface area (Å²) in [5, 5.41) is 1.50. The van der Waals surface area contributed by atoms with Gasteiger partial charge in [0.15, 0.2) is 11.5 Å². The van der Waals surface area contributed by atoms with Crippen molar-refractivity contribution in [2.45, 2.75) is 13.8 Å². The van der Waals surface area contributed by atoms with Gasteiger partial charge in [-0.15, -0.1) is 0 Å². The van der Waals surface area contributed by atoms with Crippen LogP contribution in [0, 0.1) is 0 Å². The molecule has 0 heterocycles. The summed E-state index contributed by atoms with van der Waals surface area (Å²) in [6.07, 6.45) is 0. The summed E-state index contributed by atoms with van der Waals surface area (Å²) in [6.45, 7) is 4.76. The van der Waals surface area contributed by atoms with Crippen molar-refractivity contribution in [1.82, 2.24) is 0 Å². The van der Waals surface area contributed by atoms with Gasteiger partial charge in [-0.1, -0.05) is 24.3 Å². The molecule has 0 saturated carbocycles. The van der Waals surface area contributed by atoms with Crippen molar-refractivity contribution in [3.63, 3.8) is 0 Å². The summed E-state index contributed by atoms with van der Waals surface area (Å²) in [5.74, 6) is -0.816. The van der Waals surface area contributed by atoms with Crippen molar-refractivity contribution < 1.29 is 47.6 Å². The topological polar surface area (TPSA) is 124 Å². The molecule has 0 aliphatic rings. The van der Waals surface area contributed by atoms with Gasteiger partial charge in [0.1, 0.15) is 23.0 Å². The summed E-state index contributed by atoms with van der Waals surface area (Å²) in [4.78, 5) is 51.7. The van der Waals surface area contributed by atoms with Gasteiger partial charge in [0.25, 0.3) is 0 Å². The molecule has 0 bridgehead atoms. The Bertz CT molecular complexity index is 2050. The van der Waals surface area contributed by atoms with Gasteiger partial charge in [-0.2, -0.15) is 0 Å². The van der Waals surface area contributed by atoms with Crippen molar-refractivity contribution in [2.24, 2.45) is 0 Å². The first-order chi connectivity index (χ1) is 25.3. The van der Waals surface area contributed by atoms with Crippen LogP contribution in [0.15, 0.2) is 133 Å². The second-order valence-corrected chi connectivity index (χ2v) is 11.2. The number of esters is 4. The lowest BCUT2D eigenvalue weighted by Crippen LogP contribution is -2.13. The van der Waals surface area contributed by atoms with Crippen LogP contribution in [0.1, 0.15) is 55.3 Å². The van der Waals surface area contributed by atoms with Gasteiger partial charge in [0.2, 0.25) is 0 Å². The molecule has 0 atom stereocenters. The lowest BCUT2D eigenvalue weighted by Gasteiger charge is -2.13. The maximum Gasteiger partial charge on any atom is 0.343 e. The van der Waals surface area contributed by atoms with E-state index in [0.29, 0.717) is 35.8 Å². The summed E-state index contributed by atoms with van der Waals surface area (Å²) >= 11 is 0. The summed E-state index contributed by atoms with van der Waals surface area (Å²) in [5.41, 5.74) is 1.01. The molecule has 52 heavy (non-hydrogen) atoms. The monoisotopic (exact) mass is 696 g/mol. The maximum atomic E-state index is 13.2. The molecule has 6 rings (SSSR count). The van der Waals surface area contributed by atoms with E-state index in [2.05, 4.69) is 0 Å². The third-order valence-corrected chi connectivity index (χ3v) is 7.62. The fourth-order valence-corrected chi connectivity index (χ4v) is 5.03. The van der Waals surface area contributed by atoms with Crippen LogP contribution in [0.5, 0.6) is 34.5 Å². The van der Waals surface area contributed by atoms with Crippen LogP contribution in [0.25, 0.3) is 10.8 Å². The summed E-state index contributed by atoms with van der Waals surface area (Å²) in [6, 6.07) is 35.4. The number of rotatable bonds is 12. The number of hydrogen-bond donors (Lipinski definition) is 0. The van der Waals surface area contributed by atoms with Gasteiger partial charge in [0.05, 0.1) is 35.5 Å². The van der Waals surface area contributed by atoms with Crippen LogP contribution in [0.4, 0.5) is 0 Å². The molecular formula is C42H32O10. The molecule has 10 nitrogen and oxygen atoms in total. The molecule has 0 saturated heterocycles. The van der Waals surface area contributed by atoms with Crippen LogP contribution in [-0.4, -0.2) is 37.1 Å². The summed E-state index contributed by atoms with van der Waals surface area (Å²) in [7, 11) is 0. The van der Waals surface area contributed by atoms with Gasteiger partial charge < -0.3 is 28.4 Å². The van der Waals surface area contributed by atoms with E-state index < -0.39 is 23.9 Å².